The summed E-state index contributed by atoms with van der Waals surface area (Å²) < 4.78 is 20.1. The number of oxime groups is 1. The number of nitrogens with one attached hydrogen (secondary N) is 1. The van der Waals surface area contributed by atoms with Crippen LogP contribution in [-0.2, 0) is 27.4 Å². The fourth-order valence-corrected chi connectivity index (χ4v) is 3.21. The summed E-state index contributed by atoms with van der Waals surface area (Å²) in [7, 11) is 1.52. The molecule has 1 aromatic heterocycles. The maximum Gasteiger partial charge on any atom is 0.313 e. The van der Waals surface area contributed by atoms with Crippen LogP contribution in [0.2, 0.25) is 0 Å². The van der Waals surface area contributed by atoms with Crippen molar-refractivity contribution >= 4 is 23.3 Å². The van der Waals surface area contributed by atoms with Crippen LogP contribution >= 0.6 is 0 Å². The molecule has 3 rings (SSSR count). The Hall–Kier alpha value is -3.49. The minimum Gasteiger partial charge on any atom is -0.460 e. The summed E-state index contributed by atoms with van der Waals surface area (Å²) in [5.74, 6) is -0.581. The SMILES string of the molecule is CCc1cc(-c2cccc(COC(=O)CC(=N)N)c2F)cnc1N1CC(=NOC)C1. The summed E-state index contributed by atoms with van der Waals surface area (Å²) in [6.45, 7) is 3.11. The standard InChI is InChI=1S/C21H24FN5O3/c1-3-13-7-15(9-25-21(13)27-10-16(11-27)26-29-2)17-6-4-5-14(20(17)22)12-30-19(28)8-18(23)24/h4-7,9H,3,8,10-12H2,1-2H3,(H3,23,24). The number of hydrogen-bond acceptors (Lipinski definition) is 7. The maximum atomic E-state index is 15.1. The first-order chi connectivity index (χ1) is 14.4. The average Bonchev–Trinajstić information content (AvgIpc) is 2.69. The molecule has 1 aromatic carbocycles. The molecule has 1 aliphatic heterocycles. The van der Waals surface area contributed by atoms with E-state index in [0.29, 0.717) is 24.2 Å². The molecule has 0 saturated carbocycles. The number of halogens is 1. The number of ether oxygens (including phenoxy) is 1. The average molecular weight is 413 g/mol. The van der Waals surface area contributed by atoms with E-state index < -0.39 is 11.8 Å². The quantitative estimate of drug-likeness (QED) is 0.298. The first-order valence-electron chi connectivity index (χ1n) is 9.52. The first kappa shape index (κ1) is 21.2. The molecule has 1 aliphatic rings. The zero-order chi connectivity index (χ0) is 21.7. The molecule has 158 valence electrons. The number of carbonyl (C=O) groups is 1. The monoisotopic (exact) mass is 413 g/mol. The minimum absolute atomic E-state index is 0.229. The normalized spacial score (nSPS) is 12.9. The van der Waals surface area contributed by atoms with Gasteiger partial charge in [-0.1, -0.05) is 30.3 Å². The summed E-state index contributed by atoms with van der Waals surface area (Å²) in [5.41, 5.74) is 8.40. The second-order valence-electron chi connectivity index (χ2n) is 6.90. The van der Waals surface area contributed by atoms with Gasteiger partial charge in [0.15, 0.2) is 0 Å². The molecule has 3 N–H and O–H groups in total. The highest BCUT2D eigenvalue weighted by Gasteiger charge is 2.26. The van der Waals surface area contributed by atoms with Crippen molar-refractivity contribution < 1.29 is 18.8 Å². The molecule has 0 radical (unpaired) electrons. The Morgan fingerprint density at radius 3 is 2.80 bits per heavy atom. The number of nitrogens with zero attached hydrogens (tertiary/aromatic N) is 3. The smallest absolute Gasteiger partial charge is 0.313 e. The maximum absolute atomic E-state index is 15.1. The zero-order valence-corrected chi connectivity index (χ0v) is 16.9. The first-order valence-corrected chi connectivity index (χ1v) is 9.52. The summed E-state index contributed by atoms with van der Waals surface area (Å²) >= 11 is 0. The van der Waals surface area contributed by atoms with Gasteiger partial charge in [-0.2, -0.15) is 0 Å². The van der Waals surface area contributed by atoms with Crippen molar-refractivity contribution in [2.45, 2.75) is 26.4 Å². The molecule has 0 aliphatic carbocycles. The van der Waals surface area contributed by atoms with Crippen LogP contribution in [0.25, 0.3) is 11.1 Å². The number of aryl methyl sites for hydroxylation is 1. The Labute approximate surface area is 174 Å². The van der Waals surface area contributed by atoms with Crippen molar-refractivity contribution in [2.75, 3.05) is 25.1 Å². The third kappa shape index (κ3) is 4.73. The lowest BCUT2D eigenvalue weighted by molar-refractivity contribution is -0.143. The van der Waals surface area contributed by atoms with Gasteiger partial charge >= 0.3 is 5.97 Å². The van der Waals surface area contributed by atoms with Crippen molar-refractivity contribution in [1.29, 1.82) is 5.41 Å². The molecule has 1 saturated heterocycles. The van der Waals surface area contributed by atoms with E-state index in [0.717, 1.165) is 23.5 Å². The van der Waals surface area contributed by atoms with Crippen LogP contribution in [0.15, 0.2) is 35.6 Å². The van der Waals surface area contributed by atoms with E-state index in [1.165, 1.54) is 7.11 Å². The number of esters is 1. The summed E-state index contributed by atoms with van der Waals surface area (Å²) in [5, 5.41) is 11.0. The number of aromatic nitrogens is 1. The molecular formula is C21H24FN5O3. The summed E-state index contributed by atoms with van der Waals surface area (Å²) in [4.78, 5) is 23.0. The number of rotatable bonds is 8. The number of amidine groups is 1. The van der Waals surface area contributed by atoms with Crippen molar-refractivity contribution in [1.82, 2.24) is 4.98 Å². The molecule has 2 aromatic rings. The minimum atomic E-state index is -0.669. The van der Waals surface area contributed by atoms with Crippen molar-refractivity contribution in [3.63, 3.8) is 0 Å². The van der Waals surface area contributed by atoms with Gasteiger partial charge in [-0.3, -0.25) is 10.2 Å². The fraction of sp³-hybridized carbons (Fsp3) is 0.333. The summed E-state index contributed by atoms with van der Waals surface area (Å²) in [6, 6.07) is 6.85. The third-order valence-corrected chi connectivity index (χ3v) is 4.70. The molecule has 9 heteroatoms. The Kier molecular flexibility index (Phi) is 6.61. The van der Waals surface area contributed by atoms with Gasteiger partial charge in [0, 0.05) is 22.9 Å². The second kappa shape index (κ2) is 9.34. The Morgan fingerprint density at radius 2 is 2.13 bits per heavy atom. The second-order valence-corrected chi connectivity index (χ2v) is 6.90. The number of hydrogen-bond donors (Lipinski definition) is 2. The Bertz CT molecular complexity index is 985. The predicted molar refractivity (Wildman–Crippen MR) is 112 cm³/mol. The van der Waals surface area contributed by atoms with Crippen LogP contribution in [0, 0.1) is 11.2 Å². The van der Waals surface area contributed by atoms with E-state index in [1.807, 2.05) is 13.0 Å². The lowest BCUT2D eigenvalue weighted by Gasteiger charge is -2.34. The molecule has 0 spiro atoms. The number of anilines is 1. The van der Waals surface area contributed by atoms with E-state index in [-0.39, 0.29) is 24.4 Å². The molecular weight excluding hydrogens is 389 g/mol. The largest absolute Gasteiger partial charge is 0.460 e. The van der Waals surface area contributed by atoms with Crippen molar-refractivity contribution in [3.05, 3.63) is 47.4 Å². The van der Waals surface area contributed by atoms with Crippen molar-refractivity contribution in [3.8, 4) is 11.1 Å². The number of carbonyl (C=O) groups excluding carboxylic acids is 1. The Balaban J connectivity index is 1.79. The van der Waals surface area contributed by atoms with Gasteiger partial charge in [-0.25, -0.2) is 9.37 Å². The summed E-state index contributed by atoms with van der Waals surface area (Å²) in [6.07, 6.45) is 2.07. The fourth-order valence-electron chi connectivity index (χ4n) is 3.21. The van der Waals surface area contributed by atoms with Crippen LogP contribution in [0.5, 0.6) is 0 Å². The van der Waals surface area contributed by atoms with Gasteiger partial charge in [-0.15, -0.1) is 0 Å². The zero-order valence-electron chi connectivity index (χ0n) is 16.9. The van der Waals surface area contributed by atoms with E-state index in [2.05, 4.69) is 15.0 Å². The van der Waals surface area contributed by atoms with E-state index in [9.17, 15) is 4.79 Å². The predicted octanol–water partition coefficient (Wildman–Crippen LogP) is 2.64. The molecule has 0 unspecified atom stereocenters. The van der Waals surface area contributed by atoms with Gasteiger partial charge in [0.05, 0.1) is 18.8 Å². The lowest BCUT2D eigenvalue weighted by Crippen LogP contribution is -2.48. The van der Waals surface area contributed by atoms with Crippen LogP contribution in [0.4, 0.5) is 10.2 Å². The van der Waals surface area contributed by atoms with Crippen LogP contribution < -0.4 is 10.6 Å². The van der Waals surface area contributed by atoms with E-state index in [1.54, 1.807) is 24.4 Å². The Morgan fingerprint density at radius 1 is 1.37 bits per heavy atom. The molecule has 0 amide bonds. The van der Waals surface area contributed by atoms with Gasteiger partial charge in [0.1, 0.15) is 37.6 Å². The highest BCUT2D eigenvalue weighted by atomic mass is 19.1. The van der Waals surface area contributed by atoms with Crippen molar-refractivity contribution in [2.24, 2.45) is 10.9 Å². The topological polar surface area (TPSA) is 114 Å². The van der Waals surface area contributed by atoms with Gasteiger partial charge < -0.3 is 20.2 Å². The highest BCUT2D eigenvalue weighted by Crippen LogP contribution is 2.30. The van der Waals surface area contributed by atoms with Gasteiger partial charge in [-0.05, 0) is 18.1 Å². The number of nitrogens with two attached hydrogens (primary N) is 1. The van der Waals surface area contributed by atoms with Gasteiger partial charge in [0.2, 0.25) is 0 Å². The lowest BCUT2D eigenvalue weighted by atomic mass is 10.0. The van der Waals surface area contributed by atoms with Crippen LogP contribution in [0.3, 0.4) is 0 Å². The number of pyridine rings is 1. The molecule has 1 fully saturated rings. The van der Waals surface area contributed by atoms with E-state index >= 15 is 4.39 Å². The van der Waals surface area contributed by atoms with Crippen LogP contribution in [-0.4, -0.2) is 42.7 Å². The highest BCUT2D eigenvalue weighted by molar-refractivity contribution is 5.99. The molecule has 0 bridgehead atoms. The van der Waals surface area contributed by atoms with Crippen LogP contribution in [0.1, 0.15) is 24.5 Å². The molecule has 2 heterocycles. The third-order valence-electron chi connectivity index (χ3n) is 4.70. The number of benzene rings is 1. The molecule has 8 nitrogen and oxygen atoms in total. The van der Waals surface area contributed by atoms with E-state index in [4.69, 9.17) is 20.7 Å². The van der Waals surface area contributed by atoms with Gasteiger partial charge in [0.25, 0.3) is 0 Å². The molecule has 0 atom stereocenters. The molecule has 30 heavy (non-hydrogen) atoms.